The predicted octanol–water partition coefficient (Wildman–Crippen LogP) is 3.83. The number of benzene rings is 1. The third kappa shape index (κ3) is 3.25. The highest BCUT2D eigenvalue weighted by Gasteiger charge is 2.20. The molecule has 0 saturated heterocycles. The Balaban J connectivity index is 1.88. The van der Waals surface area contributed by atoms with E-state index in [-0.39, 0.29) is 11.8 Å². The molecule has 0 aliphatic carbocycles. The first kappa shape index (κ1) is 16.1. The van der Waals surface area contributed by atoms with E-state index in [0.717, 1.165) is 17.1 Å². The first-order valence-electron chi connectivity index (χ1n) is 8.02. The van der Waals surface area contributed by atoms with Gasteiger partial charge < -0.3 is 9.73 Å². The quantitative estimate of drug-likeness (QED) is 0.776. The predicted molar refractivity (Wildman–Crippen MR) is 92.3 cm³/mol. The van der Waals surface area contributed by atoms with E-state index in [9.17, 15) is 4.79 Å². The van der Waals surface area contributed by atoms with Gasteiger partial charge in [0.15, 0.2) is 0 Å². The van der Waals surface area contributed by atoms with Gasteiger partial charge in [-0.2, -0.15) is 5.10 Å². The molecule has 0 aliphatic rings. The Morgan fingerprint density at radius 3 is 2.62 bits per heavy atom. The SMILES string of the molecule is Cc1ccc(-n2ncc(C(=O)NCc3ccco3)c2C(C)C)cc1. The van der Waals surface area contributed by atoms with E-state index in [1.807, 2.05) is 41.9 Å². The van der Waals surface area contributed by atoms with Crippen molar-refractivity contribution in [1.29, 1.82) is 0 Å². The molecule has 0 aliphatic heterocycles. The molecule has 5 nitrogen and oxygen atoms in total. The van der Waals surface area contributed by atoms with E-state index < -0.39 is 0 Å². The average Bonchev–Trinajstić information content (AvgIpc) is 3.22. The smallest absolute Gasteiger partial charge is 0.255 e. The minimum absolute atomic E-state index is 0.145. The lowest BCUT2D eigenvalue weighted by Crippen LogP contribution is -2.24. The van der Waals surface area contributed by atoms with Crippen LogP contribution in [0.1, 0.15) is 47.1 Å². The minimum atomic E-state index is -0.145. The molecule has 1 N–H and O–H groups in total. The summed E-state index contributed by atoms with van der Waals surface area (Å²) in [5.41, 5.74) is 3.63. The Bertz CT molecular complexity index is 815. The second kappa shape index (κ2) is 6.74. The molecule has 0 atom stereocenters. The number of hydrogen-bond acceptors (Lipinski definition) is 3. The van der Waals surface area contributed by atoms with Crippen LogP contribution in [-0.2, 0) is 6.54 Å². The normalized spacial score (nSPS) is 11.0. The van der Waals surface area contributed by atoms with Gasteiger partial charge in [0.1, 0.15) is 5.76 Å². The van der Waals surface area contributed by atoms with Crippen molar-refractivity contribution in [2.75, 3.05) is 0 Å². The summed E-state index contributed by atoms with van der Waals surface area (Å²) in [5, 5.41) is 7.32. The van der Waals surface area contributed by atoms with Gasteiger partial charge in [-0.15, -0.1) is 0 Å². The van der Waals surface area contributed by atoms with Crippen LogP contribution in [0.15, 0.2) is 53.3 Å². The topological polar surface area (TPSA) is 60.1 Å². The lowest BCUT2D eigenvalue weighted by Gasteiger charge is -2.13. The van der Waals surface area contributed by atoms with Crippen LogP contribution < -0.4 is 5.32 Å². The molecule has 5 heteroatoms. The molecule has 0 bridgehead atoms. The van der Waals surface area contributed by atoms with Gasteiger partial charge in [0.2, 0.25) is 0 Å². The van der Waals surface area contributed by atoms with Crippen LogP contribution >= 0.6 is 0 Å². The third-order valence-electron chi connectivity index (χ3n) is 3.88. The molecule has 24 heavy (non-hydrogen) atoms. The maximum Gasteiger partial charge on any atom is 0.255 e. The summed E-state index contributed by atoms with van der Waals surface area (Å²) in [7, 11) is 0. The molecule has 3 aromatic rings. The van der Waals surface area contributed by atoms with Crippen molar-refractivity contribution < 1.29 is 9.21 Å². The largest absolute Gasteiger partial charge is 0.467 e. The number of carbonyl (C=O) groups excluding carboxylic acids is 1. The molecule has 0 saturated carbocycles. The van der Waals surface area contributed by atoms with Crippen molar-refractivity contribution in [1.82, 2.24) is 15.1 Å². The van der Waals surface area contributed by atoms with Gasteiger partial charge in [-0.05, 0) is 37.1 Å². The molecule has 1 amide bonds. The lowest BCUT2D eigenvalue weighted by atomic mass is 10.0. The zero-order valence-corrected chi connectivity index (χ0v) is 14.1. The fourth-order valence-electron chi connectivity index (χ4n) is 2.66. The molecule has 2 aromatic heterocycles. The van der Waals surface area contributed by atoms with Crippen molar-refractivity contribution in [2.45, 2.75) is 33.2 Å². The van der Waals surface area contributed by atoms with Crippen molar-refractivity contribution >= 4 is 5.91 Å². The van der Waals surface area contributed by atoms with Gasteiger partial charge in [-0.25, -0.2) is 4.68 Å². The summed E-state index contributed by atoms with van der Waals surface area (Å²) in [6.07, 6.45) is 3.23. The average molecular weight is 323 g/mol. The number of amides is 1. The van der Waals surface area contributed by atoms with Crippen molar-refractivity contribution in [2.24, 2.45) is 0 Å². The number of hydrogen-bond donors (Lipinski definition) is 1. The Morgan fingerprint density at radius 1 is 1.25 bits per heavy atom. The third-order valence-corrected chi connectivity index (χ3v) is 3.88. The number of aryl methyl sites for hydroxylation is 1. The zero-order chi connectivity index (χ0) is 17.1. The van der Waals surface area contributed by atoms with Gasteiger partial charge in [0.05, 0.1) is 35.9 Å². The van der Waals surface area contributed by atoms with Gasteiger partial charge in [0.25, 0.3) is 5.91 Å². The number of nitrogens with one attached hydrogen (secondary N) is 1. The van der Waals surface area contributed by atoms with E-state index >= 15 is 0 Å². The summed E-state index contributed by atoms with van der Waals surface area (Å²) in [6, 6.07) is 11.7. The number of aromatic nitrogens is 2. The maximum absolute atomic E-state index is 12.6. The highest BCUT2D eigenvalue weighted by molar-refractivity contribution is 5.95. The second-order valence-corrected chi connectivity index (χ2v) is 6.11. The highest BCUT2D eigenvalue weighted by Crippen LogP contribution is 2.23. The fourth-order valence-corrected chi connectivity index (χ4v) is 2.66. The van der Waals surface area contributed by atoms with Crippen LogP contribution in [0, 0.1) is 6.92 Å². The molecule has 2 heterocycles. The first-order chi connectivity index (χ1) is 11.6. The molecular weight excluding hydrogens is 302 g/mol. The summed E-state index contributed by atoms with van der Waals surface area (Å²) in [5.74, 6) is 0.743. The van der Waals surface area contributed by atoms with Gasteiger partial charge in [-0.1, -0.05) is 31.5 Å². The summed E-state index contributed by atoms with van der Waals surface area (Å²) >= 11 is 0. The van der Waals surface area contributed by atoms with Crippen LogP contribution in [0.25, 0.3) is 5.69 Å². The molecule has 0 unspecified atom stereocenters. The van der Waals surface area contributed by atoms with E-state index in [1.54, 1.807) is 18.5 Å². The van der Waals surface area contributed by atoms with Crippen LogP contribution in [0.3, 0.4) is 0 Å². The van der Waals surface area contributed by atoms with Crippen molar-refractivity contribution in [3.63, 3.8) is 0 Å². The number of rotatable bonds is 5. The van der Waals surface area contributed by atoms with Crippen molar-refractivity contribution in [3.05, 3.63) is 71.4 Å². The second-order valence-electron chi connectivity index (χ2n) is 6.11. The number of furan rings is 1. The summed E-state index contributed by atoms with van der Waals surface area (Å²) < 4.78 is 7.09. The molecule has 0 fully saturated rings. The Labute approximate surface area is 141 Å². The molecule has 0 radical (unpaired) electrons. The van der Waals surface area contributed by atoms with E-state index in [2.05, 4.69) is 24.3 Å². The molecule has 124 valence electrons. The zero-order valence-electron chi connectivity index (χ0n) is 14.1. The van der Waals surface area contributed by atoms with Crippen LogP contribution in [-0.4, -0.2) is 15.7 Å². The molecule has 3 rings (SSSR count). The molecule has 1 aromatic carbocycles. The van der Waals surface area contributed by atoms with Gasteiger partial charge in [0, 0.05) is 0 Å². The van der Waals surface area contributed by atoms with E-state index in [0.29, 0.717) is 12.1 Å². The monoisotopic (exact) mass is 323 g/mol. The Morgan fingerprint density at radius 2 is 2.00 bits per heavy atom. The van der Waals surface area contributed by atoms with Crippen LogP contribution in [0.4, 0.5) is 0 Å². The van der Waals surface area contributed by atoms with E-state index in [4.69, 9.17) is 4.42 Å². The summed E-state index contributed by atoms with van der Waals surface area (Å²) in [6.45, 7) is 6.53. The minimum Gasteiger partial charge on any atom is -0.467 e. The molecule has 0 spiro atoms. The number of carbonyl (C=O) groups is 1. The Kier molecular flexibility index (Phi) is 4.51. The van der Waals surface area contributed by atoms with Gasteiger partial charge >= 0.3 is 0 Å². The highest BCUT2D eigenvalue weighted by atomic mass is 16.3. The lowest BCUT2D eigenvalue weighted by molar-refractivity contribution is 0.0946. The first-order valence-corrected chi connectivity index (χ1v) is 8.02. The maximum atomic E-state index is 12.6. The van der Waals surface area contributed by atoms with Gasteiger partial charge in [-0.3, -0.25) is 4.79 Å². The van der Waals surface area contributed by atoms with Crippen molar-refractivity contribution in [3.8, 4) is 5.69 Å². The van der Waals surface area contributed by atoms with Crippen LogP contribution in [0.2, 0.25) is 0 Å². The molecular formula is C19H21N3O2. The number of nitrogens with zero attached hydrogens (tertiary/aromatic N) is 2. The summed E-state index contributed by atoms with van der Waals surface area (Å²) in [4.78, 5) is 12.6. The fraction of sp³-hybridized carbons (Fsp3) is 0.263. The Hall–Kier alpha value is -2.82. The van der Waals surface area contributed by atoms with E-state index in [1.165, 1.54) is 5.56 Å². The standard InChI is InChI=1S/C19H21N3O2/c1-13(2)18-17(19(23)20-11-16-5-4-10-24-16)12-21-22(18)15-8-6-14(3)7-9-15/h4-10,12-13H,11H2,1-3H3,(H,20,23). The van der Waals surface area contributed by atoms with Crippen LogP contribution in [0.5, 0.6) is 0 Å².